The highest BCUT2D eigenvalue weighted by atomic mass is 32.2. The quantitative estimate of drug-likeness (QED) is 0.668. The molecule has 0 radical (unpaired) electrons. The van der Waals surface area contributed by atoms with E-state index in [1.165, 1.54) is 16.8 Å². The summed E-state index contributed by atoms with van der Waals surface area (Å²) in [5, 5.41) is 7.08. The summed E-state index contributed by atoms with van der Waals surface area (Å²) in [6, 6.07) is 6.35. The second-order valence-electron chi connectivity index (χ2n) is 7.73. The molecular formula is C21H30N4O3S. The molecule has 1 aromatic carbocycles. The van der Waals surface area contributed by atoms with Crippen LogP contribution in [-0.2, 0) is 16.6 Å². The first-order valence-corrected chi connectivity index (χ1v) is 11.7. The number of sulfonamides is 1. The van der Waals surface area contributed by atoms with Gasteiger partial charge in [-0.05, 0) is 49.9 Å². The number of benzene rings is 1. The van der Waals surface area contributed by atoms with Gasteiger partial charge in [-0.25, -0.2) is 8.42 Å². The van der Waals surface area contributed by atoms with Gasteiger partial charge in [0.2, 0.25) is 10.0 Å². The van der Waals surface area contributed by atoms with Gasteiger partial charge in [0.15, 0.2) is 0 Å². The van der Waals surface area contributed by atoms with E-state index in [1.807, 2.05) is 17.8 Å². The topological polar surface area (TPSA) is 84.3 Å². The normalized spacial score (nSPS) is 15.6. The van der Waals surface area contributed by atoms with Crippen LogP contribution in [0, 0.1) is 6.92 Å². The van der Waals surface area contributed by atoms with Crippen molar-refractivity contribution in [2.75, 3.05) is 13.6 Å². The second-order valence-corrected chi connectivity index (χ2v) is 9.73. The fourth-order valence-corrected chi connectivity index (χ4v) is 5.20. The number of amides is 1. The zero-order valence-corrected chi connectivity index (χ0v) is 18.0. The number of aryl methyl sites for hydroxylation is 2. The molecule has 1 amide bonds. The van der Waals surface area contributed by atoms with Crippen LogP contribution >= 0.6 is 0 Å². The van der Waals surface area contributed by atoms with Crippen LogP contribution in [0.5, 0.6) is 0 Å². The third kappa shape index (κ3) is 5.45. The summed E-state index contributed by atoms with van der Waals surface area (Å²) in [6.45, 7) is 3.20. The molecule has 1 fully saturated rings. The highest BCUT2D eigenvalue weighted by Gasteiger charge is 2.29. The van der Waals surface area contributed by atoms with Crippen LogP contribution in [0.1, 0.15) is 54.4 Å². The first-order chi connectivity index (χ1) is 13.9. The first kappa shape index (κ1) is 21.5. The number of nitrogens with one attached hydrogen (secondary N) is 1. The Labute approximate surface area is 173 Å². The van der Waals surface area contributed by atoms with Crippen molar-refractivity contribution < 1.29 is 13.2 Å². The Bertz CT molecular complexity index is 933. The molecule has 1 aliphatic carbocycles. The molecule has 1 heterocycles. The summed E-state index contributed by atoms with van der Waals surface area (Å²) in [5.41, 5.74) is 1.46. The molecule has 29 heavy (non-hydrogen) atoms. The lowest BCUT2D eigenvalue weighted by Gasteiger charge is -2.30. The van der Waals surface area contributed by atoms with Crippen molar-refractivity contribution in [1.29, 1.82) is 0 Å². The minimum Gasteiger partial charge on any atom is -0.352 e. The Morgan fingerprint density at radius 1 is 1.28 bits per heavy atom. The lowest BCUT2D eigenvalue weighted by Crippen LogP contribution is -2.38. The van der Waals surface area contributed by atoms with E-state index in [0.29, 0.717) is 18.7 Å². The van der Waals surface area contributed by atoms with Gasteiger partial charge in [-0.15, -0.1) is 0 Å². The van der Waals surface area contributed by atoms with Crippen molar-refractivity contribution >= 4 is 15.9 Å². The maximum atomic E-state index is 13.0. The third-order valence-electron chi connectivity index (χ3n) is 5.47. The van der Waals surface area contributed by atoms with Gasteiger partial charge in [0.1, 0.15) is 0 Å². The van der Waals surface area contributed by atoms with Crippen LogP contribution in [0.25, 0.3) is 0 Å². The average molecular weight is 419 g/mol. The fraction of sp³-hybridized carbons (Fsp3) is 0.524. The van der Waals surface area contributed by atoms with Crippen molar-refractivity contribution in [1.82, 2.24) is 19.4 Å². The van der Waals surface area contributed by atoms with E-state index >= 15 is 0 Å². The molecule has 0 spiro atoms. The number of carbonyl (C=O) groups is 1. The number of hydrogen-bond acceptors (Lipinski definition) is 4. The highest BCUT2D eigenvalue weighted by molar-refractivity contribution is 7.89. The van der Waals surface area contributed by atoms with Gasteiger partial charge in [-0.3, -0.25) is 9.48 Å². The van der Waals surface area contributed by atoms with Crippen molar-refractivity contribution in [3.05, 3.63) is 47.8 Å². The molecular weight excluding hydrogens is 388 g/mol. The van der Waals surface area contributed by atoms with Gasteiger partial charge in [-0.2, -0.15) is 9.40 Å². The van der Waals surface area contributed by atoms with Crippen LogP contribution in [0.2, 0.25) is 0 Å². The van der Waals surface area contributed by atoms with Crippen molar-refractivity contribution in [3.8, 4) is 0 Å². The number of rotatable bonds is 8. The molecule has 1 aromatic heterocycles. The standard InChI is InChI=1S/C21H30N4O3S/c1-17-15-23-25(16-17)13-7-12-22-21(26)18-8-6-11-20(14-18)29(27,28)24(2)19-9-4-3-5-10-19/h6,8,11,14-16,19H,3-5,7,9-10,12-13H2,1-2H3,(H,22,26). The predicted octanol–water partition coefficient (Wildman–Crippen LogP) is 2.96. The summed E-state index contributed by atoms with van der Waals surface area (Å²) in [7, 11) is -1.96. The maximum Gasteiger partial charge on any atom is 0.251 e. The number of nitrogens with zero attached hydrogens (tertiary/aromatic N) is 3. The van der Waals surface area contributed by atoms with E-state index in [0.717, 1.165) is 37.7 Å². The molecule has 1 N–H and O–H groups in total. The smallest absolute Gasteiger partial charge is 0.251 e. The summed E-state index contributed by atoms with van der Waals surface area (Å²) < 4.78 is 29.3. The molecule has 0 saturated heterocycles. The van der Waals surface area contributed by atoms with Gasteiger partial charge in [0, 0.05) is 37.9 Å². The van der Waals surface area contributed by atoms with Crippen molar-refractivity contribution in [2.24, 2.45) is 0 Å². The molecule has 0 unspecified atom stereocenters. The minimum absolute atomic E-state index is 0.0390. The number of carbonyl (C=O) groups excluding carboxylic acids is 1. The molecule has 0 atom stereocenters. The SMILES string of the molecule is Cc1cnn(CCCNC(=O)c2cccc(S(=O)(=O)N(C)C3CCCCC3)c2)c1. The van der Waals surface area contributed by atoms with Gasteiger partial charge in [0.25, 0.3) is 5.91 Å². The van der Waals surface area contributed by atoms with Gasteiger partial charge >= 0.3 is 0 Å². The average Bonchev–Trinajstić information content (AvgIpc) is 3.16. The number of aromatic nitrogens is 2. The monoisotopic (exact) mass is 418 g/mol. The number of hydrogen-bond donors (Lipinski definition) is 1. The lowest BCUT2D eigenvalue weighted by atomic mass is 9.96. The molecule has 8 heteroatoms. The lowest BCUT2D eigenvalue weighted by molar-refractivity contribution is 0.0952. The van der Waals surface area contributed by atoms with Crippen LogP contribution in [0.15, 0.2) is 41.6 Å². The van der Waals surface area contributed by atoms with Crippen LogP contribution in [0.3, 0.4) is 0 Å². The molecule has 158 valence electrons. The molecule has 0 aliphatic heterocycles. The van der Waals surface area contributed by atoms with E-state index in [2.05, 4.69) is 10.4 Å². The fourth-order valence-electron chi connectivity index (χ4n) is 3.74. The minimum atomic E-state index is -3.61. The Hall–Kier alpha value is -2.19. The van der Waals surface area contributed by atoms with Crippen LogP contribution in [0.4, 0.5) is 0 Å². The summed E-state index contributed by atoms with van der Waals surface area (Å²) >= 11 is 0. The zero-order valence-electron chi connectivity index (χ0n) is 17.2. The van der Waals surface area contributed by atoms with Gasteiger partial charge in [0.05, 0.1) is 11.1 Å². The molecule has 2 aromatic rings. The molecule has 0 bridgehead atoms. The second kappa shape index (κ2) is 9.54. The molecule has 1 saturated carbocycles. The largest absolute Gasteiger partial charge is 0.352 e. The molecule has 7 nitrogen and oxygen atoms in total. The molecule has 3 rings (SSSR count). The Balaban J connectivity index is 1.59. The van der Waals surface area contributed by atoms with Crippen LogP contribution in [-0.4, -0.2) is 48.0 Å². The van der Waals surface area contributed by atoms with E-state index in [4.69, 9.17) is 0 Å². The van der Waals surface area contributed by atoms with E-state index in [-0.39, 0.29) is 16.8 Å². The maximum absolute atomic E-state index is 13.0. The zero-order chi connectivity index (χ0) is 20.9. The van der Waals surface area contributed by atoms with Gasteiger partial charge in [-0.1, -0.05) is 25.3 Å². The summed E-state index contributed by atoms with van der Waals surface area (Å²) in [5.74, 6) is -0.265. The predicted molar refractivity (Wildman–Crippen MR) is 112 cm³/mol. The highest BCUT2D eigenvalue weighted by Crippen LogP contribution is 2.26. The van der Waals surface area contributed by atoms with Gasteiger partial charge < -0.3 is 5.32 Å². The summed E-state index contributed by atoms with van der Waals surface area (Å²) in [4.78, 5) is 12.6. The van der Waals surface area contributed by atoms with E-state index in [9.17, 15) is 13.2 Å². The Morgan fingerprint density at radius 2 is 2.03 bits per heavy atom. The third-order valence-corrected chi connectivity index (χ3v) is 7.38. The van der Waals surface area contributed by atoms with E-state index in [1.54, 1.807) is 31.4 Å². The molecule has 1 aliphatic rings. The van der Waals surface area contributed by atoms with Crippen molar-refractivity contribution in [3.63, 3.8) is 0 Å². The first-order valence-electron chi connectivity index (χ1n) is 10.2. The Morgan fingerprint density at radius 3 is 2.72 bits per heavy atom. The van der Waals surface area contributed by atoms with Crippen LogP contribution < -0.4 is 5.32 Å². The summed E-state index contributed by atoms with van der Waals surface area (Å²) in [6.07, 6.45) is 9.58. The van der Waals surface area contributed by atoms with E-state index < -0.39 is 10.0 Å². The van der Waals surface area contributed by atoms with Crippen molar-refractivity contribution in [2.45, 2.75) is 62.9 Å². The Kier molecular flexibility index (Phi) is 7.08.